The number of rotatable bonds is 8. The third kappa shape index (κ3) is 6.44. The Morgan fingerprint density at radius 2 is 2.00 bits per heavy atom. The number of carbonyl (C=O) groups is 3. The first-order valence-corrected chi connectivity index (χ1v) is 8.39. The lowest BCUT2D eigenvalue weighted by molar-refractivity contribution is -0.141. The van der Waals surface area contributed by atoms with Crippen molar-refractivity contribution in [3.05, 3.63) is 22.7 Å². The molecular weight excluding hydrogens is 362 g/mol. The number of carboxylic acid groups (broad SMARTS) is 1. The molecule has 1 rings (SSSR count). The van der Waals surface area contributed by atoms with Crippen LogP contribution in [-0.2, 0) is 9.59 Å². The number of nitrogens with zero attached hydrogens (tertiary/aromatic N) is 1. The van der Waals surface area contributed by atoms with E-state index in [0.717, 1.165) is 5.56 Å². The van der Waals surface area contributed by atoms with Gasteiger partial charge in [0.25, 0.3) is 0 Å². The summed E-state index contributed by atoms with van der Waals surface area (Å²) in [5.74, 6) is -1.50. The predicted octanol–water partition coefficient (Wildman–Crippen LogP) is 2.35. The normalized spacial score (nSPS) is 11.4. The van der Waals surface area contributed by atoms with Crippen LogP contribution in [0.4, 0.5) is 10.5 Å². The fourth-order valence-electron chi connectivity index (χ4n) is 2.13. The molecule has 9 heteroatoms. The summed E-state index contributed by atoms with van der Waals surface area (Å²) in [6, 6.07) is 2.89. The minimum atomic E-state index is -0.976. The van der Waals surface area contributed by atoms with Crippen molar-refractivity contribution in [3.63, 3.8) is 0 Å². The highest BCUT2D eigenvalue weighted by atomic mass is 35.5. The van der Waals surface area contributed by atoms with Crippen LogP contribution in [0.25, 0.3) is 0 Å². The molecule has 0 aliphatic rings. The number of carbonyl (C=O) groups excluding carboxylic acids is 2. The van der Waals surface area contributed by atoms with E-state index in [1.807, 2.05) is 6.92 Å². The molecule has 1 aromatic carbocycles. The Balaban J connectivity index is 2.49. The van der Waals surface area contributed by atoms with Crippen molar-refractivity contribution in [2.45, 2.75) is 20.3 Å². The lowest BCUT2D eigenvalue weighted by Crippen LogP contribution is -2.41. The quantitative estimate of drug-likeness (QED) is 0.636. The highest BCUT2D eigenvalue weighted by Gasteiger charge is 2.17. The molecule has 26 heavy (non-hydrogen) atoms. The van der Waals surface area contributed by atoms with Crippen LogP contribution in [-0.4, -0.2) is 55.2 Å². The summed E-state index contributed by atoms with van der Waals surface area (Å²) in [4.78, 5) is 36.0. The molecule has 144 valence electrons. The zero-order valence-electron chi connectivity index (χ0n) is 15.3. The van der Waals surface area contributed by atoms with Crippen LogP contribution >= 0.6 is 11.6 Å². The number of carboxylic acids is 1. The van der Waals surface area contributed by atoms with Gasteiger partial charge in [-0.1, -0.05) is 18.5 Å². The molecule has 0 aliphatic heterocycles. The van der Waals surface area contributed by atoms with Crippen LogP contribution in [0.2, 0.25) is 5.02 Å². The van der Waals surface area contributed by atoms with Crippen molar-refractivity contribution >= 4 is 35.2 Å². The number of ether oxygens (including phenoxy) is 1. The molecule has 1 atom stereocenters. The molecule has 0 aromatic heterocycles. The molecule has 1 unspecified atom stereocenters. The van der Waals surface area contributed by atoms with Crippen LogP contribution in [0.15, 0.2) is 12.1 Å². The second-order valence-electron chi connectivity index (χ2n) is 5.95. The van der Waals surface area contributed by atoms with E-state index in [4.69, 9.17) is 21.4 Å². The summed E-state index contributed by atoms with van der Waals surface area (Å²) < 4.78 is 5.19. The van der Waals surface area contributed by atoms with Gasteiger partial charge in [-0.15, -0.1) is 0 Å². The van der Waals surface area contributed by atoms with Gasteiger partial charge in [-0.3, -0.25) is 9.59 Å². The number of aliphatic carboxylic acids is 1. The van der Waals surface area contributed by atoms with Gasteiger partial charge in [-0.05, 0) is 18.6 Å². The number of benzene rings is 1. The first-order valence-electron chi connectivity index (χ1n) is 8.01. The van der Waals surface area contributed by atoms with E-state index in [2.05, 4.69) is 10.6 Å². The van der Waals surface area contributed by atoms with E-state index in [-0.39, 0.29) is 25.4 Å². The van der Waals surface area contributed by atoms with Gasteiger partial charge in [0.1, 0.15) is 5.75 Å². The Morgan fingerprint density at radius 3 is 2.58 bits per heavy atom. The second-order valence-corrected chi connectivity index (χ2v) is 6.36. The maximum Gasteiger partial charge on any atom is 0.317 e. The molecule has 0 aliphatic carbocycles. The molecule has 0 saturated heterocycles. The number of halogens is 1. The Labute approximate surface area is 157 Å². The summed E-state index contributed by atoms with van der Waals surface area (Å²) in [6.07, 6.45) is 0.0545. The number of anilines is 1. The zero-order chi connectivity index (χ0) is 19.9. The summed E-state index contributed by atoms with van der Waals surface area (Å²) in [6.45, 7) is 3.52. The van der Waals surface area contributed by atoms with Gasteiger partial charge >= 0.3 is 12.0 Å². The summed E-state index contributed by atoms with van der Waals surface area (Å²) in [5.41, 5.74) is 1.29. The van der Waals surface area contributed by atoms with Crippen molar-refractivity contribution in [3.8, 4) is 5.75 Å². The molecule has 3 amide bonds. The van der Waals surface area contributed by atoms with Crippen molar-refractivity contribution < 1.29 is 24.2 Å². The highest BCUT2D eigenvalue weighted by Crippen LogP contribution is 2.30. The molecule has 1 aromatic rings. The number of amides is 3. The Bertz CT molecular complexity index is 681. The Kier molecular flexibility index (Phi) is 8.18. The standard InChI is InChI=1S/C17H24ClN3O5/c1-10-7-13(14(26-4)8-12(10)18)20-15(22)5-6-19-17(25)21(3)9-11(2)16(23)24/h7-8,11H,5-6,9H2,1-4H3,(H,19,25)(H,20,22)(H,23,24). The minimum absolute atomic E-state index is 0.0545. The SMILES string of the molecule is COc1cc(Cl)c(C)cc1NC(=O)CCNC(=O)N(C)CC(C)C(=O)O. The van der Waals surface area contributed by atoms with E-state index in [1.54, 1.807) is 12.1 Å². The summed E-state index contributed by atoms with van der Waals surface area (Å²) >= 11 is 6.02. The third-order valence-electron chi connectivity index (χ3n) is 3.70. The van der Waals surface area contributed by atoms with Crippen molar-refractivity contribution in [1.29, 1.82) is 0 Å². The molecule has 0 bridgehead atoms. The van der Waals surface area contributed by atoms with Crippen molar-refractivity contribution in [1.82, 2.24) is 10.2 Å². The number of hydrogen-bond donors (Lipinski definition) is 3. The molecular formula is C17H24ClN3O5. The molecule has 3 N–H and O–H groups in total. The van der Waals surface area contributed by atoms with Crippen LogP contribution < -0.4 is 15.4 Å². The molecule has 0 fully saturated rings. The van der Waals surface area contributed by atoms with Gasteiger partial charge in [0.2, 0.25) is 5.91 Å². The molecule has 0 saturated carbocycles. The number of methoxy groups -OCH3 is 1. The maximum absolute atomic E-state index is 12.1. The fraction of sp³-hybridized carbons (Fsp3) is 0.471. The molecule has 8 nitrogen and oxygen atoms in total. The van der Waals surface area contributed by atoms with Gasteiger partial charge < -0.3 is 25.4 Å². The molecule has 0 radical (unpaired) electrons. The van der Waals surface area contributed by atoms with E-state index < -0.39 is 17.9 Å². The van der Waals surface area contributed by atoms with Crippen LogP contribution in [0, 0.1) is 12.8 Å². The monoisotopic (exact) mass is 385 g/mol. The number of urea groups is 1. The van der Waals surface area contributed by atoms with E-state index in [0.29, 0.717) is 16.5 Å². The van der Waals surface area contributed by atoms with Gasteiger partial charge in [0.15, 0.2) is 0 Å². The van der Waals surface area contributed by atoms with E-state index in [9.17, 15) is 14.4 Å². The smallest absolute Gasteiger partial charge is 0.317 e. The average molecular weight is 386 g/mol. The van der Waals surface area contributed by atoms with Gasteiger partial charge in [0, 0.05) is 37.6 Å². The average Bonchev–Trinajstić information content (AvgIpc) is 2.57. The minimum Gasteiger partial charge on any atom is -0.495 e. The van der Waals surface area contributed by atoms with Crippen molar-refractivity contribution in [2.24, 2.45) is 5.92 Å². The number of hydrogen-bond acceptors (Lipinski definition) is 4. The third-order valence-corrected chi connectivity index (χ3v) is 4.11. The summed E-state index contributed by atoms with van der Waals surface area (Å²) in [7, 11) is 2.97. The zero-order valence-corrected chi connectivity index (χ0v) is 16.0. The van der Waals surface area contributed by atoms with Crippen LogP contribution in [0.5, 0.6) is 5.75 Å². The lowest BCUT2D eigenvalue weighted by atomic mass is 10.2. The van der Waals surface area contributed by atoms with Gasteiger partial charge in [-0.25, -0.2) is 4.79 Å². The lowest BCUT2D eigenvalue weighted by Gasteiger charge is -2.20. The Morgan fingerprint density at radius 1 is 1.35 bits per heavy atom. The number of aryl methyl sites for hydroxylation is 1. The first-order chi connectivity index (χ1) is 12.1. The largest absolute Gasteiger partial charge is 0.495 e. The van der Waals surface area contributed by atoms with Gasteiger partial charge in [0.05, 0.1) is 18.7 Å². The second kappa shape index (κ2) is 9.86. The van der Waals surface area contributed by atoms with Gasteiger partial charge in [-0.2, -0.15) is 0 Å². The molecule has 0 heterocycles. The topological polar surface area (TPSA) is 108 Å². The number of nitrogens with one attached hydrogen (secondary N) is 2. The van der Waals surface area contributed by atoms with Crippen molar-refractivity contribution in [2.75, 3.05) is 32.6 Å². The Hall–Kier alpha value is -2.48. The molecule has 0 spiro atoms. The van der Waals surface area contributed by atoms with Crippen LogP contribution in [0.1, 0.15) is 18.9 Å². The summed E-state index contributed by atoms with van der Waals surface area (Å²) in [5, 5.41) is 14.7. The van der Waals surface area contributed by atoms with E-state index in [1.165, 1.54) is 26.0 Å². The maximum atomic E-state index is 12.1. The van der Waals surface area contributed by atoms with Crippen LogP contribution in [0.3, 0.4) is 0 Å². The van der Waals surface area contributed by atoms with E-state index >= 15 is 0 Å². The predicted molar refractivity (Wildman–Crippen MR) is 98.8 cm³/mol. The first kappa shape index (κ1) is 21.6. The highest BCUT2D eigenvalue weighted by molar-refractivity contribution is 6.31. The fourth-order valence-corrected chi connectivity index (χ4v) is 2.29.